The van der Waals surface area contributed by atoms with Crippen LogP contribution in [-0.4, -0.2) is 14.1 Å². The summed E-state index contributed by atoms with van der Waals surface area (Å²) in [4.78, 5) is 19.2. The molecule has 4 heteroatoms. The van der Waals surface area contributed by atoms with Gasteiger partial charge in [0.2, 0.25) is 0 Å². The number of hydrogen-bond donors (Lipinski definition) is 0. The van der Waals surface area contributed by atoms with Crippen molar-refractivity contribution in [2.24, 2.45) is 0 Å². The fourth-order valence-corrected chi connectivity index (χ4v) is 4.34. The van der Waals surface area contributed by atoms with Crippen LogP contribution < -0.4 is 5.56 Å². The minimum atomic E-state index is -0.0778. The van der Waals surface area contributed by atoms with Crippen molar-refractivity contribution in [1.29, 1.82) is 0 Å². The Kier molecular flexibility index (Phi) is 4.22. The predicted octanol–water partition coefficient (Wildman–Crippen LogP) is 6.00. The van der Waals surface area contributed by atoms with Gasteiger partial charge >= 0.3 is 0 Å². The lowest BCUT2D eigenvalue weighted by Gasteiger charge is -2.14. The van der Waals surface area contributed by atoms with Crippen LogP contribution in [0.25, 0.3) is 44.7 Å². The molecule has 0 fully saturated rings. The van der Waals surface area contributed by atoms with Crippen LogP contribution in [0.15, 0.2) is 120 Å². The van der Waals surface area contributed by atoms with E-state index in [0.717, 1.165) is 27.8 Å². The number of aromatic nitrogens is 3. The summed E-state index contributed by atoms with van der Waals surface area (Å²) in [6.07, 6.45) is 0. The van der Waals surface area contributed by atoms with Gasteiger partial charge < -0.3 is 0 Å². The molecule has 0 amide bonds. The predicted molar refractivity (Wildman–Crippen MR) is 130 cm³/mol. The summed E-state index contributed by atoms with van der Waals surface area (Å²) in [6, 6.07) is 37.7. The zero-order valence-electron chi connectivity index (χ0n) is 17.2. The molecule has 0 aliphatic heterocycles. The molecule has 6 rings (SSSR count). The van der Waals surface area contributed by atoms with Gasteiger partial charge in [0.05, 0.1) is 16.6 Å². The zero-order chi connectivity index (χ0) is 21.5. The molecule has 6 aromatic rings. The van der Waals surface area contributed by atoms with E-state index in [-0.39, 0.29) is 5.56 Å². The summed E-state index contributed by atoms with van der Waals surface area (Å²) >= 11 is 0. The monoisotopic (exact) mass is 413 g/mol. The molecular weight excluding hydrogens is 394 g/mol. The fourth-order valence-electron chi connectivity index (χ4n) is 4.34. The van der Waals surface area contributed by atoms with Crippen LogP contribution in [0.4, 0.5) is 0 Å². The molecule has 0 radical (unpaired) electrons. The largest absolute Gasteiger partial charge is 0.294 e. The first-order valence-electron chi connectivity index (χ1n) is 10.6. The van der Waals surface area contributed by atoms with Gasteiger partial charge in [-0.1, -0.05) is 84.9 Å². The van der Waals surface area contributed by atoms with Crippen molar-refractivity contribution < 1.29 is 0 Å². The van der Waals surface area contributed by atoms with Crippen molar-refractivity contribution in [3.05, 3.63) is 126 Å². The molecular formula is C28H19N3O. The average molecular weight is 413 g/mol. The zero-order valence-corrected chi connectivity index (χ0v) is 17.2. The second-order valence-corrected chi connectivity index (χ2v) is 7.66. The number of para-hydroxylation sites is 3. The van der Waals surface area contributed by atoms with Crippen LogP contribution in [0.2, 0.25) is 0 Å². The van der Waals surface area contributed by atoms with Crippen molar-refractivity contribution in [3.63, 3.8) is 0 Å². The quantitative estimate of drug-likeness (QED) is 0.357. The molecule has 2 aromatic heterocycles. The molecule has 32 heavy (non-hydrogen) atoms. The minimum absolute atomic E-state index is 0.0778. The van der Waals surface area contributed by atoms with Gasteiger partial charge in [-0.15, -0.1) is 0 Å². The lowest BCUT2D eigenvalue weighted by molar-refractivity contribution is 0.966. The van der Waals surface area contributed by atoms with Crippen LogP contribution in [0, 0.1) is 0 Å². The van der Waals surface area contributed by atoms with Gasteiger partial charge in [-0.05, 0) is 30.3 Å². The van der Waals surface area contributed by atoms with E-state index in [1.165, 1.54) is 0 Å². The SMILES string of the molecule is O=c1c2c3ccccc3n(-c3ccccc3)c2nc(-c2ccccc2)n1-c1ccccc1. The Bertz CT molecular complexity index is 1620. The van der Waals surface area contributed by atoms with E-state index in [1.54, 1.807) is 4.57 Å². The number of hydrogen-bond acceptors (Lipinski definition) is 2. The Hall–Kier alpha value is -4.44. The maximum absolute atomic E-state index is 14.1. The highest BCUT2D eigenvalue weighted by Gasteiger charge is 2.21. The second-order valence-electron chi connectivity index (χ2n) is 7.66. The third-order valence-electron chi connectivity index (χ3n) is 5.75. The van der Waals surface area contributed by atoms with Gasteiger partial charge in [-0.2, -0.15) is 0 Å². The number of nitrogens with zero attached hydrogens (tertiary/aromatic N) is 3. The Morgan fingerprint density at radius 3 is 1.75 bits per heavy atom. The molecule has 0 unspecified atom stereocenters. The van der Waals surface area contributed by atoms with Crippen molar-refractivity contribution in [3.8, 4) is 22.8 Å². The van der Waals surface area contributed by atoms with Gasteiger partial charge in [0, 0.05) is 16.6 Å². The minimum Gasteiger partial charge on any atom is -0.294 e. The molecule has 4 nitrogen and oxygen atoms in total. The summed E-state index contributed by atoms with van der Waals surface area (Å²) in [7, 11) is 0. The molecule has 4 aromatic carbocycles. The van der Waals surface area contributed by atoms with E-state index < -0.39 is 0 Å². The Labute approximate surface area is 184 Å². The molecule has 0 N–H and O–H groups in total. The maximum atomic E-state index is 14.1. The topological polar surface area (TPSA) is 39.8 Å². The number of benzene rings is 4. The Morgan fingerprint density at radius 1 is 0.562 bits per heavy atom. The smallest absolute Gasteiger partial charge is 0.268 e. The standard InChI is InChI=1S/C28H19N3O/c32-28-25-23-18-10-11-19-24(23)30(21-14-6-2-7-15-21)27(25)29-26(20-12-4-1-5-13-20)31(28)22-16-8-3-9-17-22/h1-19H. The first-order valence-corrected chi connectivity index (χ1v) is 10.6. The average Bonchev–Trinajstić information content (AvgIpc) is 3.20. The van der Waals surface area contributed by atoms with E-state index in [9.17, 15) is 4.79 Å². The lowest BCUT2D eigenvalue weighted by atomic mass is 10.1. The van der Waals surface area contributed by atoms with Gasteiger partial charge in [0.1, 0.15) is 5.82 Å². The van der Waals surface area contributed by atoms with Crippen molar-refractivity contribution in [2.45, 2.75) is 0 Å². The van der Waals surface area contributed by atoms with Crippen LogP contribution >= 0.6 is 0 Å². The van der Waals surface area contributed by atoms with Crippen LogP contribution in [0.1, 0.15) is 0 Å². The van der Waals surface area contributed by atoms with E-state index in [1.807, 2.05) is 115 Å². The summed E-state index contributed by atoms with van der Waals surface area (Å²) in [6.45, 7) is 0. The Morgan fingerprint density at radius 2 is 1.09 bits per heavy atom. The first-order chi connectivity index (χ1) is 15.8. The highest BCUT2D eigenvalue weighted by atomic mass is 16.1. The van der Waals surface area contributed by atoms with Crippen molar-refractivity contribution >= 4 is 21.9 Å². The molecule has 152 valence electrons. The first kappa shape index (κ1) is 18.3. The molecule has 0 spiro atoms. The Balaban J connectivity index is 1.83. The van der Waals surface area contributed by atoms with Crippen LogP contribution in [0.5, 0.6) is 0 Å². The molecule has 0 saturated heterocycles. The van der Waals surface area contributed by atoms with Gasteiger partial charge in [-0.3, -0.25) is 13.9 Å². The molecule has 2 heterocycles. The van der Waals surface area contributed by atoms with E-state index in [4.69, 9.17) is 4.98 Å². The van der Waals surface area contributed by atoms with E-state index in [2.05, 4.69) is 4.57 Å². The third kappa shape index (κ3) is 2.77. The van der Waals surface area contributed by atoms with E-state index >= 15 is 0 Å². The number of rotatable bonds is 3. The van der Waals surface area contributed by atoms with Crippen molar-refractivity contribution in [2.75, 3.05) is 0 Å². The van der Waals surface area contributed by atoms with E-state index in [0.29, 0.717) is 16.9 Å². The number of fused-ring (bicyclic) bond motifs is 3. The molecule has 0 atom stereocenters. The molecule has 0 aliphatic carbocycles. The third-order valence-corrected chi connectivity index (χ3v) is 5.75. The summed E-state index contributed by atoms with van der Waals surface area (Å²) in [5, 5.41) is 1.51. The molecule has 0 aliphatic rings. The van der Waals surface area contributed by atoms with Crippen LogP contribution in [-0.2, 0) is 0 Å². The van der Waals surface area contributed by atoms with Gasteiger partial charge in [0.25, 0.3) is 5.56 Å². The summed E-state index contributed by atoms with van der Waals surface area (Å²) in [5.74, 6) is 0.620. The molecule has 0 bridgehead atoms. The van der Waals surface area contributed by atoms with Gasteiger partial charge in [-0.25, -0.2) is 4.98 Å². The highest BCUT2D eigenvalue weighted by Crippen LogP contribution is 2.31. The summed E-state index contributed by atoms with van der Waals surface area (Å²) < 4.78 is 3.80. The van der Waals surface area contributed by atoms with Gasteiger partial charge in [0.15, 0.2) is 5.65 Å². The van der Waals surface area contributed by atoms with Crippen molar-refractivity contribution in [1.82, 2.24) is 14.1 Å². The molecule has 0 saturated carbocycles. The lowest BCUT2D eigenvalue weighted by Crippen LogP contribution is -2.22. The maximum Gasteiger partial charge on any atom is 0.268 e. The highest BCUT2D eigenvalue weighted by molar-refractivity contribution is 6.07. The second kappa shape index (κ2) is 7.36. The van der Waals surface area contributed by atoms with Crippen LogP contribution in [0.3, 0.4) is 0 Å². The normalized spacial score (nSPS) is 11.2. The summed E-state index contributed by atoms with van der Waals surface area (Å²) in [5.41, 5.74) is 4.20. The fraction of sp³-hybridized carbons (Fsp3) is 0.